The fourth-order valence-electron chi connectivity index (χ4n) is 4.36. The first-order valence-corrected chi connectivity index (χ1v) is 12.9. The molecule has 11 heteroatoms. The second-order valence-corrected chi connectivity index (χ2v) is 9.73. The SMILES string of the molecule is CCCOc1ccc(C(O)=C2C(=O)C(=O)N(c3nc4ccc(OC)cc4s3)C2c2cccc([N+](=O)[O-])c2)cc1. The predicted molar refractivity (Wildman–Crippen MR) is 146 cm³/mol. The Hall–Kier alpha value is -4.77. The number of aliphatic hydroxyl groups is 1. The summed E-state index contributed by atoms with van der Waals surface area (Å²) in [5.41, 5.74) is 0.744. The Morgan fingerprint density at radius 3 is 2.54 bits per heavy atom. The van der Waals surface area contributed by atoms with Crippen LogP contribution in [0.1, 0.15) is 30.5 Å². The zero-order valence-electron chi connectivity index (χ0n) is 21.0. The van der Waals surface area contributed by atoms with Gasteiger partial charge in [-0.05, 0) is 54.4 Å². The Kier molecular flexibility index (Phi) is 6.99. The van der Waals surface area contributed by atoms with Crippen molar-refractivity contribution >= 4 is 49.8 Å². The Morgan fingerprint density at radius 1 is 1.10 bits per heavy atom. The fourth-order valence-corrected chi connectivity index (χ4v) is 5.38. The number of nitrogens with zero attached hydrogens (tertiary/aromatic N) is 3. The molecule has 5 rings (SSSR count). The normalized spacial score (nSPS) is 16.6. The minimum Gasteiger partial charge on any atom is -0.507 e. The van der Waals surface area contributed by atoms with Crippen LogP contribution in [0.3, 0.4) is 0 Å². The Bertz CT molecular complexity index is 1630. The summed E-state index contributed by atoms with van der Waals surface area (Å²) in [7, 11) is 1.53. The zero-order chi connectivity index (χ0) is 27.7. The summed E-state index contributed by atoms with van der Waals surface area (Å²) in [6, 6.07) is 16.2. The molecule has 0 saturated carbocycles. The molecule has 1 saturated heterocycles. The number of ketones is 1. The van der Waals surface area contributed by atoms with Crippen LogP contribution in [-0.2, 0) is 9.59 Å². The number of anilines is 1. The van der Waals surface area contributed by atoms with Crippen LogP contribution in [0.2, 0.25) is 0 Å². The molecular weight excluding hydrogens is 522 g/mol. The first-order valence-electron chi connectivity index (χ1n) is 12.1. The number of amides is 1. The number of nitro benzene ring substituents is 1. The van der Waals surface area contributed by atoms with E-state index in [4.69, 9.17) is 9.47 Å². The van der Waals surface area contributed by atoms with Gasteiger partial charge in [0.2, 0.25) is 0 Å². The van der Waals surface area contributed by atoms with Crippen LogP contribution in [0, 0.1) is 10.1 Å². The first-order chi connectivity index (χ1) is 18.8. The summed E-state index contributed by atoms with van der Waals surface area (Å²) in [5.74, 6) is -1.04. The molecule has 198 valence electrons. The Morgan fingerprint density at radius 2 is 1.85 bits per heavy atom. The van der Waals surface area contributed by atoms with Crippen molar-refractivity contribution in [2.45, 2.75) is 19.4 Å². The number of hydrogen-bond donors (Lipinski definition) is 1. The van der Waals surface area contributed by atoms with E-state index in [-0.39, 0.29) is 22.0 Å². The quantitative estimate of drug-likeness (QED) is 0.0991. The van der Waals surface area contributed by atoms with Crippen LogP contribution in [0.15, 0.2) is 72.3 Å². The van der Waals surface area contributed by atoms with Gasteiger partial charge in [0.05, 0.1) is 40.5 Å². The van der Waals surface area contributed by atoms with E-state index in [0.717, 1.165) is 6.42 Å². The van der Waals surface area contributed by atoms with Crippen LogP contribution in [0.4, 0.5) is 10.8 Å². The number of nitro groups is 1. The molecule has 0 aliphatic carbocycles. The van der Waals surface area contributed by atoms with E-state index >= 15 is 0 Å². The summed E-state index contributed by atoms with van der Waals surface area (Å²) in [6.07, 6.45) is 0.826. The van der Waals surface area contributed by atoms with Gasteiger partial charge in [-0.2, -0.15) is 0 Å². The lowest BCUT2D eigenvalue weighted by Crippen LogP contribution is -2.29. The molecule has 1 unspecified atom stereocenters. The predicted octanol–water partition coefficient (Wildman–Crippen LogP) is 5.63. The minimum absolute atomic E-state index is 0.195. The van der Waals surface area contributed by atoms with Crippen molar-refractivity contribution in [2.75, 3.05) is 18.6 Å². The summed E-state index contributed by atoms with van der Waals surface area (Å²) in [5, 5.41) is 23.1. The number of fused-ring (bicyclic) bond motifs is 1. The van der Waals surface area contributed by atoms with Crippen LogP contribution >= 0.6 is 11.3 Å². The number of thiazole rings is 1. The largest absolute Gasteiger partial charge is 0.507 e. The molecule has 39 heavy (non-hydrogen) atoms. The number of ether oxygens (including phenoxy) is 2. The third kappa shape index (κ3) is 4.79. The van der Waals surface area contributed by atoms with Gasteiger partial charge in [-0.1, -0.05) is 30.4 Å². The van der Waals surface area contributed by atoms with Crippen molar-refractivity contribution in [2.24, 2.45) is 0 Å². The average molecular weight is 546 g/mol. The first kappa shape index (κ1) is 25.9. The molecule has 1 atom stereocenters. The number of benzene rings is 3. The van der Waals surface area contributed by atoms with Crippen LogP contribution in [0.5, 0.6) is 11.5 Å². The highest BCUT2D eigenvalue weighted by Gasteiger charge is 2.48. The molecule has 3 aromatic carbocycles. The molecule has 2 heterocycles. The molecule has 1 N–H and O–H groups in total. The fraction of sp³-hybridized carbons (Fsp3) is 0.179. The number of aromatic nitrogens is 1. The van der Waals surface area contributed by atoms with E-state index in [1.54, 1.807) is 48.5 Å². The monoisotopic (exact) mass is 545 g/mol. The van der Waals surface area contributed by atoms with Crippen molar-refractivity contribution in [3.8, 4) is 11.5 Å². The highest BCUT2D eigenvalue weighted by Crippen LogP contribution is 2.45. The van der Waals surface area contributed by atoms with Gasteiger partial charge in [0.1, 0.15) is 17.3 Å². The van der Waals surface area contributed by atoms with Crippen LogP contribution in [0.25, 0.3) is 16.0 Å². The van der Waals surface area contributed by atoms with Gasteiger partial charge in [-0.15, -0.1) is 0 Å². The number of rotatable bonds is 8. The molecule has 1 fully saturated rings. The molecule has 1 amide bonds. The van der Waals surface area contributed by atoms with Gasteiger partial charge in [-0.3, -0.25) is 24.6 Å². The topological polar surface area (TPSA) is 132 Å². The molecule has 1 aliphatic heterocycles. The summed E-state index contributed by atoms with van der Waals surface area (Å²) < 4.78 is 11.6. The lowest BCUT2D eigenvalue weighted by Gasteiger charge is -2.22. The molecule has 0 radical (unpaired) electrons. The van der Waals surface area contributed by atoms with E-state index in [1.807, 2.05) is 6.92 Å². The number of methoxy groups -OCH3 is 1. The smallest absolute Gasteiger partial charge is 0.301 e. The van der Waals surface area contributed by atoms with Crippen molar-refractivity contribution < 1.29 is 29.1 Å². The van der Waals surface area contributed by atoms with Crippen molar-refractivity contribution in [1.82, 2.24) is 4.98 Å². The molecule has 1 aliphatic rings. The maximum Gasteiger partial charge on any atom is 0.301 e. The minimum atomic E-state index is -1.15. The summed E-state index contributed by atoms with van der Waals surface area (Å²) in [6.45, 7) is 2.51. The van der Waals surface area contributed by atoms with Crippen LogP contribution in [-0.4, -0.2) is 40.4 Å². The number of Topliss-reactive ketones (excluding diaryl/α,β-unsaturated/α-hetero) is 1. The van der Waals surface area contributed by atoms with Gasteiger partial charge in [0.15, 0.2) is 5.13 Å². The molecule has 0 spiro atoms. The number of carbonyl (C=O) groups excluding carboxylic acids is 2. The summed E-state index contributed by atoms with van der Waals surface area (Å²) in [4.78, 5) is 43.6. The molecule has 4 aromatic rings. The third-order valence-corrected chi connectivity index (χ3v) is 7.25. The van der Waals surface area contributed by atoms with E-state index in [9.17, 15) is 24.8 Å². The molecular formula is C28H23N3O7S. The van der Waals surface area contributed by atoms with Crippen molar-refractivity contribution in [3.05, 3.63) is 93.5 Å². The van der Waals surface area contributed by atoms with Gasteiger partial charge in [-0.25, -0.2) is 4.98 Å². The summed E-state index contributed by atoms with van der Waals surface area (Å²) >= 11 is 1.17. The van der Waals surface area contributed by atoms with E-state index in [2.05, 4.69) is 4.98 Å². The van der Waals surface area contributed by atoms with E-state index in [1.165, 1.54) is 41.5 Å². The number of non-ortho nitro benzene ring substituents is 1. The van der Waals surface area contributed by atoms with E-state index < -0.39 is 28.4 Å². The maximum atomic E-state index is 13.4. The molecule has 1 aromatic heterocycles. The Labute approximate surface area is 226 Å². The van der Waals surface area contributed by atoms with Gasteiger partial charge >= 0.3 is 5.91 Å². The van der Waals surface area contributed by atoms with E-state index in [0.29, 0.717) is 33.9 Å². The highest BCUT2D eigenvalue weighted by molar-refractivity contribution is 7.22. The van der Waals surface area contributed by atoms with Gasteiger partial charge in [0.25, 0.3) is 11.5 Å². The second-order valence-electron chi connectivity index (χ2n) is 8.72. The second kappa shape index (κ2) is 10.5. The zero-order valence-corrected chi connectivity index (χ0v) is 21.8. The van der Waals surface area contributed by atoms with Crippen molar-refractivity contribution in [1.29, 1.82) is 0 Å². The lowest BCUT2D eigenvalue weighted by molar-refractivity contribution is -0.384. The number of aliphatic hydroxyl groups excluding tert-OH is 1. The molecule has 0 bridgehead atoms. The maximum absolute atomic E-state index is 13.4. The average Bonchev–Trinajstić information content (AvgIpc) is 3.49. The Balaban J connectivity index is 1.67. The molecule has 10 nitrogen and oxygen atoms in total. The van der Waals surface area contributed by atoms with Crippen molar-refractivity contribution in [3.63, 3.8) is 0 Å². The van der Waals surface area contributed by atoms with Crippen LogP contribution < -0.4 is 14.4 Å². The highest BCUT2D eigenvalue weighted by atomic mass is 32.1. The van der Waals surface area contributed by atoms with Gasteiger partial charge < -0.3 is 14.6 Å². The lowest BCUT2D eigenvalue weighted by atomic mass is 9.95. The standard InChI is InChI=1S/C28H23N3O7S/c1-3-13-38-19-9-7-16(8-10-19)25(32)23-24(17-5-4-6-18(14-17)31(35)36)30(27(34)26(23)33)28-29-21-12-11-20(37-2)15-22(21)39-28/h4-12,14-15,24,32H,3,13H2,1-2H3. The number of hydrogen-bond acceptors (Lipinski definition) is 9. The van der Waals surface area contributed by atoms with Gasteiger partial charge in [0, 0.05) is 17.7 Å². The third-order valence-electron chi connectivity index (χ3n) is 6.23. The number of carbonyl (C=O) groups is 2.